The lowest BCUT2D eigenvalue weighted by atomic mass is 9.75. The smallest absolute Gasteiger partial charge is 0.380 e. The number of nitrogens with two attached hydrogens (primary N) is 1. The number of nitrogens with one attached hydrogen (secondary N) is 2. The summed E-state index contributed by atoms with van der Waals surface area (Å²) < 4.78 is 45.3. The van der Waals surface area contributed by atoms with Crippen molar-refractivity contribution in [3.05, 3.63) is 41.6 Å². The molecule has 1 saturated carbocycles. The lowest BCUT2D eigenvalue weighted by Crippen LogP contribution is -2.68. The van der Waals surface area contributed by atoms with Crippen LogP contribution < -0.4 is 11.1 Å². The Morgan fingerprint density at radius 3 is 2.45 bits per heavy atom. The summed E-state index contributed by atoms with van der Waals surface area (Å²) in [5.74, 6) is -0.545. The molecule has 2 atom stereocenters. The van der Waals surface area contributed by atoms with Gasteiger partial charge in [-0.1, -0.05) is 0 Å². The Hall–Kier alpha value is -2.92. The van der Waals surface area contributed by atoms with Crippen molar-refractivity contribution in [3.8, 4) is 0 Å². The van der Waals surface area contributed by atoms with Gasteiger partial charge in [0.1, 0.15) is 5.56 Å². The summed E-state index contributed by atoms with van der Waals surface area (Å²) in [5, 5.41) is 15.9. The Morgan fingerprint density at radius 1 is 1.21 bits per heavy atom. The summed E-state index contributed by atoms with van der Waals surface area (Å²) in [6.07, 6.45) is -0.659. The van der Waals surface area contributed by atoms with Crippen LogP contribution in [0.25, 0.3) is 0 Å². The quantitative estimate of drug-likeness (QED) is 0.632. The van der Waals surface area contributed by atoms with Gasteiger partial charge in [-0.25, -0.2) is 0 Å². The van der Waals surface area contributed by atoms with Gasteiger partial charge in [0.25, 0.3) is 5.91 Å². The molecule has 1 spiro atoms. The Labute approximate surface area is 188 Å². The SMILES string of the molecule is N=C1C[C@H](N2CC3(COC3)C2)CC[C@@H]1n1cc(C(N)=O)c(Nc2ccc(C(F)(F)F)cc2)n1. The number of likely N-dealkylation sites (tertiary alicyclic amines) is 1. The molecular formula is C22H25F3N6O2. The summed E-state index contributed by atoms with van der Waals surface area (Å²) in [6.45, 7) is 3.69. The van der Waals surface area contributed by atoms with Gasteiger partial charge in [-0.15, -0.1) is 0 Å². The largest absolute Gasteiger partial charge is 0.416 e. The molecule has 5 rings (SSSR count). The Morgan fingerprint density at radius 2 is 1.91 bits per heavy atom. The highest BCUT2D eigenvalue weighted by molar-refractivity contribution is 5.98. The van der Waals surface area contributed by atoms with Crippen molar-refractivity contribution in [1.29, 1.82) is 5.41 Å². The van der Waals surface area contributed by atoms with Crippen molar-refractivity contribution in [2.24, 2.45) is 11.1 Å². The minimum Gasteiger partial charge on any atom is -0.380 e. The fourth-order valence-electron chi connectivity index (χ4n) is 4.97. The molecule has 4 N–H and O–H groups in total. The molecule has 2 aliphatic heterocycles. The zero-order chi connectivity index (χ0) is 23.4. The molecule has 176 valence electrons. The number of nitrogens with zero attached hydrogens (tertiary/aromatic N) is 3. The Bertz CT molecular complexity index is 1070. The van der Waals surface area contributed by atoms with E-state index in [0.717, 1.165) is 44.9 Å². The van der Waals surface area contributed by atoms with Crippen LogP contribution in [0.3, 0.4) is 0 Å². The maximum Gasteiger partial charge on any atom is 0.416 e. The summed E-state index contributed by atoms with van der Waals surface area (Å²) >= 11 is 0. The van der Waals surface area contributed by atoms with Gasteiger partial charge in [0.05, 0.1) is 24.8 Å². The molecule has 3 aliphatic rings. The van der Waals surface area contributed by atoms with Crippen LogP contribution in [0.1, 0.15) is 41.2 Å². The van der Waals surface area contributed by atoms with Crippen molar-refractivity contribution in [3.63, 3.8) is 0 Å². The number of amides is 1. The number of aromatic nitrogens is 2. The van der Waals surface area contributed by atoms with E-state index in [9.17, 15) is 18.0 Å². The van der Waals surface area contributed by atoms with Gasteiger partial charge in [-0.05, 0) is 37.1 Å². The van der Waals surface area contributed by atoms with Crippen LogP contribution in [0, 0.1) is 10.8 Å². The number of hydrogen-bond acceptors (Lipinski definition) is 6. The van der Waals surface area contributed by atoms with Crippen molar-refractivity contribution in [2.45, 2.75) is 37.5 Å². The normalized spacial score (nSPS) is 24.9. The van der Waals surface area contributed by atoms with Crippen molar-refractivity contribution in [1.82, 2.24) is 14.7 Å². The monoisotopic (exact) mass is 462 g/mol. The first-order valence-corrected chi connectivity index (χ1v) is 10.9. The number of anilines is 2. The molecule has 1 aromatic heterocycles. The van der Waals surface area contributed by atoms with Crippen LogP contribution >= 0.6 is 0 Å². The van der Waals surface area contributed by atoms with Gasteiger partial charge in [-0.3, -0.25) is 14.4 Å². The third-order valence-corrected chi connectivity index (χ3v) is 6.83. The first-order valence-electron chi connectivity index (χ1n) is 10.9. The number of alkyl halides is 3. The lowest BCUT2D eigenvalue weighted by molar-refractivity contribution is -0.198. The van der Waals surface area contributed by atoms with Crippen LogP contribution in [0.5, 0.6) is 0 Å². The molecule has 2 saturated heterocycles. The van der Waals surface area contributed by atoms with Crippen LogP contribution in [-0.4, -0.2) is 58.6 Å². The zero-order valence-electron chi connectivity index (χ0n) is 17.9. The first kappa shape index (κ1) is 21.9. The number of ether oxygens (including phenoxy) is 1. The predicted molar refractivity (Wildman–Crippen MR) is 115 cm³/mol. The van der Waals surface area contributed by atoms with E-state index in [-0.39, 0.29) is 17.4 Å². The van der Waals surface area contributed by atoms with Crippen LogP contribution in [-0.2, 0) is 10.9 Å². The molecule has 0 bridgehead atoms. The van der Waals surface area contributed by atoms with E-state index < -0.39 is 17.6 Å². The molecule has 1 aromatic carbocycles. The average Bonchev–Trinajstić information content (AvgIpc) is 3.09. The number of carbonyl (C=O) groups excluding carboxylic acids is 1. The van der Waals surface area contributed by atoms with E-state index in [1.165, 1.54) is 18.3 Å². The standard InChI is InChI=1S/C22H25F3N6O2/c23-22(24,25)13-1-3-14(4-2-13)28-20-16(19(27)32)8-31(29-20)18-6-5-15(7-17(18)26)30-9-21(10-30)11-33-12-21/h1-4,8,15,18,26H,5-7,9-12H2,(H2,27,32)(H,28,29)/t15-,18+/m1/s1. The Balaban J connectivity index is 1.28. The molecular weight excluding hydrogens is 437 g/mol. The fourth-order valence-corrected chi connectivity index (χ4v) is 4.97. The second-order valence-corrected chi connectivity index (χ2v) is 9.31. The highest BCUT2D eigenvalue weighted by Crippen LogP contribution is 2.42. The number of rotatable bonds is 5. The lowest BCUT2D eigenvalue weighted by Gasteiger charge is -2.58. The number of carbonyl (C=O) groups is 1. The average molecular weight is 462 g/mol. The maximum absolute atomic E-state index is 12.8. The van der Waals surface area contributed by atoms with E-state index in [2.05, 4.69) is 15.3 Å². The molecule has 3 fully saturated rings. The van der Waals surface area contributed by atoms with Crippen LogP contribution in [0.2, 0.25) is 0 Å². The van der Waals surface area contributed by atoms with E-state index >= 15 is 0 Å². The fraction of sp³-hybridized carbons (Fsp3) is 0.500. The van der Waals surface area contributed by atoms with Crippen molar-refractivity contribution in [2.75, 3.05) is 31.6 Å². The highest BCUT2D eigenvalue weighted by Gasteiger charge is 2.51. The molecule has 0 unspecified atom stereocenters. The highest BCUT2D eigenvalue weighted by atomic mass is 19.4. The molecule has 3 heterocycles. The van der Waals surface area contributed by atoms with Gasteiger partial charge >= 0.3 is 6.18 Å². The summed E-state index contributed by atoms with van der Waals surface area (Å²) in [4.78, 5) is 14.4. The van der Waals surface area contributed by atoms with Gasteiger partial charge in [-0.2, -0.15) is 18.3 Å². The van der Waals surface area contributed by atoms with Crippen LogP contribution in [0.4, 0.5) is 24.7 Å². The second-order valence-electron chi connectivity index (χ2n) is 9.31. The van der Waals surface area contributed by atoms with Gasteiger partial charge in [0.15, 0.2) is 5.82 Å². The van der Waals surface area contributed by atoms with E-state index in [4.69, 9.17) is 15.9 Å². The van der Waals surface area contributed by atoms with Gasteiger partial charge in [0, 0.05) is 48.6 Å². The van der Waals surface area contributed by atoms with E-state index in [1.807, 2.05) is 0 Å². The third-order valence-electron chi connectivity index (χ3n) is 6.83. The van der Waals surface area contributed by atoms with Crippen molar-refractivity contribution >= 4 is 23.1 Å². The van der Waals surface area contributed by atoms with E-state index in [1.54, 1.807) is 4.68 Å². The minimum absolute atomic E-state index is 0.125. The van der Waals surface area contributed by atoms with Gasteiger partial charge in [0.2, 0.25) is 0 Å². The molecule has 0 radical (unpaired) electrons. The van der Waals surface area contributed by atoms with Crippen molar-refractivity contribution < 1.29 is 22.7 Å². The molecule has 1 amide bonds. The number of primary amides is 1. The number of benzene rings is 1. The zero-order valence-corrected chi connectivity index (χ0v) is 17.9. The summed E-state index contributed by atoms with van der Waals surface area (Å²) in [5.41, 5.74) is 6.08. The second kappa shape index (κ2) is 7.84. The Kier molecular flexibility index (Phi) is 5.20. The summed E-state index contributed by atoms with van der Waals surface area (Å²) in [6, 6.07) is 4.49. The van der Waals surface area contributed by atoms with E-state index in [0.29, 0.717) is 35.7 Å². The third kappa shape index (κ3) is 4.10. The molecule has 33 heavy (non-hydrogen) atoms. The first-order chi connectivity index (χ1) is 15.6. The molecule has 2 aromatic rings. The number of hydrogen-bond donors (Lipinski definition) is 3. The summed E-state index contributed by atoms with van der Waals surface area (Å²) in [7, 11) is 0. The molecule has 11 heteroatoms. The predicted octanol–water partition coefficient (Wildman–Crippen LogP) is 3.19. The number of halogens is 3. The maximum atomic E-state index is 12.8. The topological polar surface area (TPSA) is 109 Å². The van der Waals surface area contributed by atoms with Crippen LogP contribution in [0.15, 0.2) is 30.5 Å². The molecule has 8 nitrogen and oxygen atoms in total. The van der Waals surface area contributed by atoms with Gasteiger partial charge < -0.3 is 21.2 Å². The minimum atomic E-state index is -4.43. The molecule has 1 aliphatic carbocycles.